The standard InChI is InChI=1S/C32H42N10O2/c1-40-14-16-42(17-15-40)23-8-12-41(13-9-23)22-4-2-20(3-5-22)36-32-29(30(33)44)38-28(31(39-32)37-21-18-24(43)19-21)27-25-6-10-34-26(25)7-11-35-27/h2-7,10-11,21,23-24,30,34,43-44H,8-9,12-19,33H2,1H3,(H2,36,37,39). The summed E-state index contributed by atoms with van der Waals surface area (Å²) in [5, 5.41) is 28.2. The van der Waals surface area contributed by atoms with Gasteiger partial charge in [-0.15, -0.1) is 0 Å². The minimum atomic E-state index is -1.35. The van der Waals surface area contributed by atoms with Crippen LogP contribution in [0.5, 0.6) is 0 Å². The molecule has 3 aliphatic rings. The Bertz CT molecular complexity index is 1570. The van der Waals surface area contributed by atoms with Crippen LogP contribution in [0.2, 0.25) is 0 Å². The van der Waals surface area contributed by atoms with Gasteiger partial charge in [0.05, 0.1) is 6.10 Å². The molecule has 1 atom stereocenters. The van der Waals surface area contributed by atoms with Crippen LogP contribution in [0.1, 0.15) is 37.6 Å². The maximum atomic E-state index is 10.6. The molecule has 1 aromatic carbocycles. The highest BCUT2D eigenvalue weighted by molar-refractivity contribution is 5.94. The Morgan fingerprint density at radius 2 is 1.68 bits per heavy atom. The zero-order valence-corrected chi connectivity index (χ0v) is 25.2. The van der Waals surface area contributed by atoms with Crippen molar-refractivity contribution >= 4 is 33.9 Å². The molecule has 44 heavy (non-hydrogen) atoms. The molecule has 12 heteroatoms. The van der Waals surface area contributed by atoms with Crippen molar-refractivity contribution in [1.82, 2.24) is 29.7 Å². The molecule has 2 aliphatic heterocycles. The number of hydrogen-bond donors (Lipinski definition) is 6. The molecule has 3 fully saturated rings. The van der Waals surface area contributed by atoms with Crippen molar-refractivity contribution in [3.8, 4) is 11.4 Å². The molecular formula is C32H42N10O2. The largest absolute Gasteiger partial charge is 0.393 e. The van der Waals surface area contributed by atoms with Crippen LogP contribution >= 0.6 is 0 Å². The predicted molar refractivity (Wildman–Crippen MR) is 173 cm³/mol. The Morgan fingerprint density at radius 1 is 0.932 bits per heavy atom. The Morgan fingerprint density at radius 3 is 2.39 bits per heavy atom. The number of nitrogens with two attached hydrogens (primary N) is 1. The van der Waals surface area contributed by atoms with E-state index in [2.05, 4.69) is 54.5 Å². The minimum Gasteiger partial charge on any atom is -0.393 e. The van der Waals surface area contributed by atoms with E-state index in [0.29, 0.717) is 41.9 Å². The number of anilines is 4. The minimum absolute atomic E-state index is 0.0599. The highest BCUT2D eigenvalue weighted by atomic mass is 16.3. The van der Waals surface area contributed by atoms with Crippen LogP contribution in [-0.2, 0) is 0 Å². The van der Waals surface area contributed by atoms with E-state index in [0.717, 1.165) is 42.8 Å². The van der Waals surface area contributed by atoms with E-state index < -0.39 is 6.23 Å². The lowest BCUT2D eigenvalue weighted by molar-refractivity contribution is 0.0835. The number of rotatable bonds is 8. The molecule has 7 N–H and O–H groups in total. The Kier molecular flexibility index (Phi) is 8.08. The number of aromatic nitrogens is 4. The van der Waals surface area contributed by atoms with Gasteiger partial charge in [-0.1, -0.05) is 0 Å². The Balaban J connectivity index is 1.11. The average molecular weight is 599 g/mol. The maximum absolute atomic E-state index is 10.6. The molecule has 2 saturated heterocycles. The number of aromatic amines is 1. The number of nitrogens with zero attached hydrogens (tertiary/aromatic N) is 6. The zero-order chi connectivity index (χ0) is 30.2. The van der Waals surface area contributed by atoms with Gasteiger partial charge >= 0.3 is 0 Å². The third-order valence-corrected chi connectivity index (χ3v) is 9.37. The fourth-order valence-electron chi connectivity index (χ4n) is 6.65. The summed E-state index contributed by atoms with van der Waals surface area (Å²) in [6, 6.07) is 12.9. The monoisotopic (exact) mass is 598 g/mol. The quantitative estimate of drug-likeness (QED) is 0.166. The topological polar surface area (TPSA) is 155 Å². The van der Waals surface area contributed by atoms with Crippen LogP contribution in [0.25, 0.3) is 22.3 Å². The van der Waals surface area contributed by atoms with Gasteiger partial charge in [0.2, 0.25) is 0 Å². The predicted octanol–water partition coefficient (Wildman–Crippen LogP) is 2.86. The van der Waals surface area contributed by atoms with Gasteiger partial charge in [-0.2, -0.15) is 0 Å². The second-order valence-corrected chi connectivity index (χ2v) is 12.4. The van der Waals surface area contributed by atoms with Crippen molar-refractivity contribution in [1.29, 1.82) is 0 Å². The summed E-state index contributed by atoms with van der Waals surface area (Å²) in [6.45, 7) is 6.75. The molecule has 3 aromatic heterocycles. The van der Waals surface area contributed by atoms with Gasteiger partial charge < -0.3 is 41.4 Å². The first-order valence-electron chi connectivity index (χ1n) is 15.7. The normalized spacial score (nSPS) is 22.6. The van der Waals surface area contributed by atoms with Gasteiger partial charge in [-0.05, 0) is 69.1 Å². The van der Waals surface area contributed by atoms with Gasteiger partial charge in [0.25, 0.3) is 0 Å². The first-order chi connectivity index (χ1) is 21.4. The number of nitrogens with one attached hydrogen (secondary N) is 3. The molecule has 1 unspecified atom stereocenters. The molecule has 0 spiro atoms. The lowest BCUT2D eigenvalue weighted by Gasteiger charge is -2.42. The molecule has 0 amide bonds. The van der Waals surface area contributed by atoms with Gasteiger partial charge in [0.1, 0.15) is 23.3 Å². The fraction of sp³-hybridized carbons (Fsp3) is 0.469. The molecule has 7 rings (SSSR count). The average Bonchev–Trinajstić information content (AvgIpc) is 3.51. The van der Waals surface area contributed by atoms with Gasteiger partial charge in [-0.25, -0.2) is 9.97 Å². The molecule has 4 aromatic rings. The molecule has 0 radical (unpaired) electrons. The number of pyridine rings is 1. The zero-order valence-electron chi connectivity index (χ0n) is 25.2. The van der Waals surface area contributed by atoms with E-state index in [1.54, 1.807) is 6.20 Å². The van der Waals surface area contributed by atoms with E-state index in [4.69, 9.17) is 15.7 Å². The molecule has 0 bridgehead atoms. The van der Waals surface area contributed by atoms with Crippen molar-refractivity contribution in [2.24, 2.45) is 5.73 Å². The van der Waals surface area contributed by atoms with E-state index in [1.807, 2.05) is 30.5 Å². The summed E-state index contributed by atoms with van der Waals surface area (Å²) in [7, 11) is 2.21. The third kappa shape index (κ3) is 5.95. The number of likely N-dealkylation sites (N-methyl/N-ethyl adjacent to an activating group) is 1. The van der Waals surface area contributed by atoms with Gasteiger partial charge in [0.15, 0.2) is 11.6 Å². The summed E-state index contributed by atoms with van der Waals surface area (Å²) in [6.07, 6.45) is 5.51. The van der Waals surface area contributed by atoms with Gasteiger partial charge in [0, 0.05) is 86.0 Å². The first-order valence-corrected chi connectivity index (χ1v) is 15.7. The number of piperidine rings is 1. The van der Waals surface area contributed by atoms with Crippen LogP contribution in [-0.4, -0.2) is 104 Å². The fourth-order valence-corrected chi connectivity index (χ4v) is 6.65. The number of hydrogen-bond acceptors (Lipinski definition) is 11. The molecular weight excluding hydrogens is 556 g/mol. The molecule has 1 saturated carbocycles. The SMILES string of the molecule is CN1CCN(C2CCN(c3ccc(Nc4nc(NC5CC(O)C5)c(-c5nccc6[nH]ccc56)nc4C(N)O)cc3)CC2)CC1. The third-order valence-electron chi connectivity index (χ3n) is 9.37. The van der Waals surface area contributed by atoms with Crippen molar-refractivity contribution in [2.45, 2.75) is 50.1 Å². The van der Waals surface area contributed by atoms with Crippen LogP contribution in [0, 0.1) is 0 Å². The summed E-state index contributed by atoms with van der Waals surface area (Å²) in [5.74, 6) is 0.892. The summed E-state index contributed by atoms with van der Waals surface area (Å²) >= 11 is 0. The molecule has 232 valence electrons. The van der Waals surface area contributed by atoms with Crippen LogP contribution in [0.15, 0.2) is 48.8 Å². The summed E-state index contributed by atoms with van der Waals surface area (Å²) in [4.78, 5) is 25.1. The highest BCUT2D eigenvalue weighted by Crippen LogP contribution is 2.35. The van der Waals surface area contributed by atoms with E-state index in [9.17, 15) is 10.2 Å². The second-order valence-electron chi connectivity index (χ2n) is 12.4. The number of aliphatic hydroxyl groups excluding tert-OH is 2. The van der Waals surface area contributed by atoms with E-state index in [1.165, 1.54) is 31.6 Å². The van der Waals surface area contributed by atoms with E-state index in [-0.39, 0.29) is 17.8 Å². The molecule has 12 nitrogen and oxygen atoms in total. The maximum Gasteiger partial charge on any atom is 0.158 e. The Hall–Kier alpha value is -3.81. The summed E-state index contributed by atoms with van der Waals surface area (Å²) in [5.41, 5.74) is 10.3. The van der Waals surface area contributed by atoms with Crippen LogP contribution < -0.4 is 21.3 Å². The number of fused-ring (bicyclic) bond motifs is 1. The van der Waals surface area contributed by atoms with Crippen molar-refractivity contribution in [2.75, 3.05) is 61.8 Å². The molecule has 1 aliphatic carbocycles. The summed E-state index contributed by atoms with van der Waals surface area (Å²) < 4.78 is 0. The van der Waals surface area contributed by atoms with Crippen molar-refractivity contribution < 1.29 is 10.2 Å². The number of H-pyrrole nitrogens is 1. The number of benzene rings is 1. The van der Waals surface area contributed by atoms with Crippen molar-refractivity contribution in [3.63, 3.8) is 0 Å². The molecule has 5 heterocycles. The van der Waals surface area contributed by atoms with Crippen molar-refractivity contribution in [3.05, 3.63) is 54.5 Å². The number of piperazine rings is 1. The smallest absolute Gasteiger partial charge is 0.158 e. The number of aliphatic hydroxyl groups is 2. The highest BCUT2D eigenvalue weighted by Gasteiger charge is 2.30. The van der Waals surface area contributed by atoms with Crippen LogP contribution in [0.4, 0.5) is 23.0 Å². The second kappa shape index (κ2) is 12.3. The first kappa shape index (κ1) is 28.9. The Labute approximate surface area is 257 Å². The van der Waals surface area contributed by atoms with E-state index >= 15 is 0 Å². The van der Waals surface area contributed by atoms with Crippen LogP contribution in [0.3, 0.4) is 0 Å². The lowest BCUT2D eigenvalue weighted by atomic mass is 9.89. The lowest BCUT2D eigenvalue weighted by Crippen LogP contribution is -2.52. The van der Waals surface area contributed by atoms with Gasteiger partial charge in [-0.3, -0.25) is 9.88 Å².